The zero-order valence-corrected chi connectivity index (χ0v) is 18.7. The number of hydrogen-bond acceptors (Lipinski definition) is 0. The largest absolute Gasteiger partial charge is 0.0622 e. The van der Waals surface area contributed by atoms with E-state index in [0.717, 1.165) is 0 Å². The van der Waals surface area contributed by atoms with Crippen LogP contribution >= 0.6 is 7.92 Å². The van der Waals surface area contributed by atoms with Crippen molar-refractivity contribution < 1.29 is 26.4 Å². The summed E-state index contributed by atoms with van der Waals surface area (Å²) >= 11 is 0. The first-order valence-electron chi connectivity index (χ1n) is 8.89. The van der Waals surface area contributed by atoms with Gasteiger partial charge in [0.05, 0.1) is 0 Å². The molecule has 0 saturated carbocycles. The normalized spacial score (nSPS) is 10.5. The van der Waals surface area contributed by atoms with Crippen molar-refractivity contribution >= 4 is 23.8 Å². The minimum Gasteiger partial charge on any atom is -0.0622 e. The number of rotatable bonds is 3. The van der Waals surface area contributed by atoms with Gasteiger partial charge in [-0.2, -0.15) is 0 Å². The van der Waals surface area contributed by atoms with E-state index < -0.39 is 7.92 Å². The Kier molecular flexibility index (Phi) is 16.0. The van der Waals surface area contributed by atoms with Crippen LogP contribution in [0.2, 0.25) is 0 Å². The van der Waals surface area contributed by atoms with Crippen LogP contribution in [-0.2, 0) is 26.4 Å². The molecule has 30 heavy (non-hydrogen) atoms. The van der Waals surface area contributed by atoms with Gasteiger partial charge in [-0.05, 0) is 30.8 Å². The molecule has 1 aliphatic carbocycles. The van der Waals surface area contributed by atoms with Gasteiger partial charge in [-0.3, -0.25) is 0 Å². The SMILES string of the molecule is CC1=C[CH]C=C1.[C-]#[O+].[C-]#[O+].[Mn].c1ccc(P(c2ccccc2)c2ccccc2)cc1. The molecule has 0 bridgehead atoms. The average Bonchev–Trinajstić information content (AvgIpc) is 3.30. The van der Waals surface area contributed by atoms with E-state index in [-0.39, 0.29) is 17.1 Å². The molecule has 0 heterocycles. The van der Waals surface area contributed by atoms with E-state index >= 15 is 0 Å². The van der Waals surface area contributed by atoms with E-state index in [1.54, 1.807) is 0 Å². The van der Waals surface area contributed by atoms with Gasteiger partial charge in [0.25, 0.3) is 0 Å². The Hall–Kier alpha value is -2.43. The van der Waals surface area contributed by atoms with Crippen LogP contribution in [0, 0.1) is 19.7 Å². The maximum Gasteiger partial charge on any atom is 0 e. The van der Waals surface area contributed by atoms with Crippen LogP contribution in [-0.4, -0.2) is 0 Å². The van der Waals surface area contributed by atoms with Crippen molar-refractivity contribution in [2.75, 3.05) is 0 Å². The van der Waals surface area contributed by atoms with Crippen molar-refractivity contribution in [2.24, 2.45) is 0 Å². The van der Waals surface area contributed by atoms with Crippen LogP contribution in [0.15, 0.2) is 115 Å². The topological polar surface area (TPSA) is 39.8 Å². The molecule has 150 valence electrons. The van der Waals surface area contributed by atoms with Crippen LogP contribution in [0.4, 0.5) is 0 Å². The summed E-state index contributed by atoms with van der Waals surface area (Å²) in [5.41, 5.74) is 1.34. The molecular formula is C26H22MnO2P. The molecule has 0 saturated heterocycles. The summed E-state index contributed by atoms with van der Waals surface area (Å²) in [6.07, 6.45) is 8.24. The summed E-state index contributed by atoms with van der Waals surface area (Å²) in [6.45, 7) is 11.1. The second kappa shape index (κ2) is 17.4. The Morgan fingerprint density at radius 2 is 0.933 bits per heavy atom. The van der Waals surface area contributed by atoms with Gasteiger partial charge in [-0.25, -0.2) is 0 Å². The monoisotopic (exact) mass is 452 g/mol. The van der Waals surface area contributed by atoms with E-state index in [0.29, 0.717) is 0 Å². The third kappa shape index (κ3) is 9.38. The molecule has 0 unspecified atom stereocenters. The fourth-order valence-corrected chi connectivity index (χ4v) is 4.95. The standard InChI is InChI=1S/C18H15P.C6H7.2CO.Mn/c1-4-10-16(11-5-1)19(17-12-6-2-7-13-17)18-14-8-3-9-15-18;1-6-4-2-3-5-6;2*1-2;/h1-15H;2-5H,1H3;;;. The molecule has 4 rings (SSSR count). The fourth-order valence-electron chi connectivity index (χ4n) is 2.65. The van der Waals surface area contributed by atoms with Crippen LogP contribution < -0.4 is 15.9 Å². The Morgan fingerprint density at radius 1 is 0.600 bits per heavy atom. The molecule has 0 aromatic heterocycles. The van der Waals surface area contributed by atoms with E-state index in [4.69, 9.17) is 9.30 Å². The van der Waals surface area contributed by atoms with Crippen molar-refractivity contribution in [1.29, 1.82) is 0 Å². The Balaban J connectivity index is 0.000000647. The molecule has 3 aromatic carbocycles. The van der Waals surface area contributed by atoms with Crippen LogP contribution in [0.3, 0.4) is 0 Å². The first-order valence-corrected chi connectivity index (χ1v) is 10.2. The smallest absolute Gasteiger partial charge is 0 e. The molecule has 2 radical (unpaired) electrons. The predicted octanol–water partition coefficient (Wildman–Crippen LogP) is 5.07. The van der Waals surface area contributed by atoms with Gasteiger partial charge in [0, 0.05) is 23.5 Å². The molecular weight excluding hydrogens is 430 g/mol. The molecule has 1 aliphatic rings. The summed E-state index contributed by atoms with van der Waals surface area (Å²) < 4.78 is 15.0. The molecule has 0 fully saturated rings. The van der Waals surface area contributed by atoms with Crippen molar-refractivity contribution in [3.05, 3.63) is 135 Å². The molecule has 0 N–H and O–H groups in total. The summed E-state index contributed by atoms with van der Waals surface area (Å²) in [5.74, 6) is 0. The van der Waals surface area contributed by atoms with Crippen LogP contribution in [0.1, 0.15) is 6.92 Å². The fraction of sp³-hybridized carbons (Fsp3) is 0.0385. The molecule has 0 spiro atoms. The molecule has 2 nitrogen and oxygen atoms in total. The van der Waals surface area contributed by atoms with Gasteiger partial charge in [0.15, 0.2) is 0 Å². The molecule has 0 amide bonds. The van der Waals surface area contributed by atoms with E-state index in [9.17, 15) is 0 Å². The quantitative estimate of drug-likeness (QED) is 0.230. The van der Waals surface area contributed by atoms with Crippen molar-refractivity contribution in [3.63, 3.8) is 0 Å². The summed E-state index contributed by atoms with van der Waals surface area (Å²) in [7, 11) is -0.446. The van der Waals surface area contributed by atoms with E-state index in [2.05, 4.69) is 123 Å². The maximum absolute atomic E-state index is 7.50. The van der Waals surface area contributed by atoms with E-state index in [1.165, 1.54) is 21.5 Å². The van der Waals surface area contributed by atoms with E-state index in [1.807, 2.05) is 12.5 Å². The summed E-state index contributed by atoms with van der Waals surface area (Å²) in [4.78, 5) is 0. The second-order valence-corrected chi connectivity index (χ2v) is 8.02. The third-order valence-electron chi connectivity index (χ3n) is 3.87. The Bertz CT molecular complexity index is 815. The molecule has 0 aliphatic heterocycles. The molecule has 0 atom stereocenters. The van der Waals surface area contributed by atoms with Gasteiger partial charge in [0.1, 0.15) is 0 Å². The number of benzene rings is 3. The van der Waals surface area contributed by atoms with Gasteiger partial charge in [-0.1, -0.05) is 115 Å². The zero-order chi connectivity index (χ0) is 21.3. The minimum absolute atomic E-state index is 0. The second-order valence-electron chi connectivity index (χ2n) is 5.80. The van der Waals surface area contributed by atoms with Crippen LogP contribution in [0.5, 0.6) is 0 Å². The number of hydrogen-bond donors (Lipinski definition) is 0. The molecule has 4 heteroatoms. The van der Waals surface area contributed by atoms with Gasteiger partial charge in [0.2, 0.25) is 0 Å². The van der Waals surface area contributed by atoms with Crippen molar-refractivity contribution in [1.82, 2.24) is 0 Å². The van der Waals surface area contributed by atoms with Crippen molar-refractivity contribution in [3.8, 4) is 0 Å². The third-order valence-corrected chi connectivity index (χ3v) is 6.32. The zero-order valence-electron chi connectivity index (χ0n) is 16.6. The number of allylic oxidation sites excluding steroid dienone is 4. The van der Waals surface area contributed by atoms with Gasteiger partial charge >= 0.3 is 22.6 Å². The summed E-state index contributed by atoms with van der Waals surface area (Å²) in [5, 5.41) is 4.19. The summed E-state index contributed by atoms with van der Waals surface area (Å²) in [6, 6.07) is 32.3. The average molecular weight is 452 g/mol. The first-order chi connectivity index (χ1) is 14.3. The predicted molar refractivity (Wildman–Crippen MR) is 120 cm³/mol. The van der Waals surface area contributed by atoms with Crippen LogP contribution in [0.25, 0.3) is 0 Å². The Morgan fingerprint density at radius 3 is 1.13 bits per heavy atom. The van der Waals surface area contributed by atoms with Gasteiger partial charge in [-0.15, -0.1) is 0 Å². The first kappa shape index (κ1) is 27.6. The minimum atomic E-state index is -0.446. The van der Waals surface area contributed by atoms with Gasteiger partial charge < -0.3 is 0 Å². The van der Waals surface area contributed by atoms with Crippen molar-refractivity contribution in [2.45, 2.75) is 6.92 Å². The Labute approximate surface area is 191 Å². The molecule has 3 aromatic rings. The maximum atomic E-state index is 7.50.